The Balaban J connectivity index is 1.71. The quantitative estimate of drug-likeness (QED) is 0.427. The number of rotatable bonds is 7. The number of sulfonamides is 1. The summed E-state index contributed by atoms with van der Waals surface area (Å²) in [5.41, 5.74) is 4.07. The van der Waals surface area contributed by atoms with Gasteiger partial charge in [0.05, 0.1) is 23.0 Å². The number of hydrogen-bond acceptors (Lipinski definition) is 6. The Kier molecular flexibility index (Phi) is 5.96. The SMILES string of the molecule is COc1ccccc1CNc1nc2ccccc2nc1NS(=O)(=O)c1ccc(C)c(C)c1. The molecule has 32 heavy (non-hydrogen) atoms. The summed E-state index contributed by atoms with van der Waals surface area (Å²) in [4.78, 5) is 9.32. The largest absolute Gasteiger partial charge is 0.496 e. The zero-order valence-electron chi connectivity index (χ0n) is 18.1. The third-order valence-electron chi connectivity index (χ3n) is 5.23. The molecule has 7 nitrogen and oxygen atoms in total. The molecular formula is C24H24N4O3S. The average Bonchev–Trinajstić information content (AvgIpc) is 2.79. The van der Waals surface area contributed by atoms with E-state index in [9.17, 15) is 8.42 Å². The van der Waals surface area contributed by atoms with Gasteiger partial charge >= 0.3 is 0 Å². The van der Waals surface area contributed by atoms with Gasteiger partial charge in [-0.3, -0.25) is 4.72 Å². The number of anilines is 2. The molecule has 0 radical (unpaired) electrons. The molecule has 0 saturated carbocycles. The van der Waals surface area contributed by atoms with E-state index in [0.29, 0.717) is 23.4 Å². The third-order valence-corrected chi connectivity index (χ3v) is 6.57. The van der Waals surface area contributed by atoms with Crippen LogP contribution in [0.4, 0.5) is 11.6 Å². The van der Waals surface area contributed by atoms with Crippen LogP contribution >= 0.6 is 0 Å². The predicted octanol–water partition coefficient (Wildman–Crippen LogP) is 4.67. The molecule has 0 aliphatic rings. The molecule has 0 amide bonds. The summed E-state index contributed by atoms with van der Waals surface area (Å²) in [6, 6.07) is 19.9. The van der Waals surface area contributed by atoms with Crippen molar-refractivity contribution in [3.63, 3.8) is 0 Å². The van der Waals surface area contributed by atoms with Gasteiger partial charge in [-0.25, -0.2) is 18.4 Å². The second-order valence-electron chi connectivity index (χ2n) is 7.43. The fraction of sp³-hybridized carbons (Fsp3) is 0.167. The van der Waals surface area contributed by atoms with Crippen molar-refractivity contribution in [3.8, 4) is 5.75 Å². The molecule has 0 atom stereocenters. The fourth-order valence-corrected chi connectivity index (χ4v) is 4.38. The first-order chi connectivity index (χ1) is 15.4. The molecule has 2 N–H and O–H groups in total. The minimum Gasteiger partial charge on any atom is -0.496 e. The van der Waals surface area contributed by atoms with E-state index in [-0.39, 0.29) is 10.7 Å². The van der Waals surface area contributed by atoms with E-state index in [1.807, 2.05) is 56.3 Å². The Labute approximate surface area is 187 Å². The van der Waals surface area contributed by atoms with Crippen molar-refractivity contribution >= 4 is 32.7 Å². The van der Waals surface area contributed by atoms with Gasteiger partial charge in [0, 0.05) is 12.1 Å². The van der Waals surface area contributed by atoms with Gasteiger partial charge in [-0.1, -0.05) is 36.4 Å². The Hall–Kier alpha value is -3.65. The second-order valence-corrected chi connectivity index (χ2v) is 9.11. The first kappa shape index (κ1) is 21.6. The highest BCUT2D eigenvalue weighted by Gasteiger charge is 2.19. The predicted molar refractivity (Wildman–Crippen MR) is 127 cm³/mol. The van der Waals surface area contributed by atoms with E-state index < -0.39 is 10.0 Å². The molecule has 0 spiro atoms. The van der Waals surface area contributed by atoms with Crippen LogP contribution in [0.25, 0.3) is 11.0 Å². The molecule has 4 aromatic rings. The molecule has 1 heterocycles. The Bertz CT molecular complexity index is 1390. The summed E-state index contributed by atoms with van der Waals surface area (Å²) in [6.45, 7) is 4.20. The number of aryl methyl sites for hydroxylation is 2. The molecule has 0 fully saturated rings. The summed E-state index contributed by atoms with van der Waals surface area (Å²) >= 11 is 0. The smallest absolute Gasteiger partial charge is 0.263 e. The van der Waals surface area contributed by atoms with Gasteiger partial charge in [0.1, 0.15) is 5.75 Å². The minimum absolute atomic E-state index is 0.136. The molecule has 3 aromatic carbocycles. The van der Waals surface area contributed by atoms with Crippen LogP contribution in [0, 0.1) is 13.8 Å². The maximum atomic E-state index is 13.1. The van der Waals surface area contributed by atoms with Gasteiger partial charge in [-0.05, 0) is 55.3 Å². The molecule has 1 aromatic heterocycles. The van der Waals surface area contributed by atoms with E-state index in [0.717, 1.165) is 22.4 Å². The van der Waals surface area contributed by atoms with Crippen molar-refractivity contribution in [2.24, 2.45) is 0 Å². The monoisotopic (exact) mass is 448 g/mol. The zero-order chi connectivity index (χ0) is 22.7. The molecule has 0 aliphatic heterocycles. The van der Waals surface area contributed by atoms with E-state index in [2.05, 4.69) is 20.0 Å². The minimum atomic E-state index is -3.86. The van der Waals surface area contributed by atoms with Crippen molar-refractivity contribution < 1.29 is 13.2 Å². The van der Waals surface area contributed by atoms with E-state index in [1.54, 1.807) is 31.4 Å². The number of benzene rings is 3. The van der Waals surface area contributed by atoms with Gasteiger partial charge < -0.3 is 10.1 Å². The van der Waals surface area contributed by atoms with E-state index >= 15 is 0 Å². The van der Waals surface area contributed by atoms with Crippen LogP contribution in [0.1, 0.15) is 16.7 Å². The van der Waals surface area contributed by atoms with Crippen LogP contribution in [-0.2, 0) is 16.6 Å². The number of ether oxygens (including phenoxy) is 1. The first-order valence-corrected chi connectivity index (χ1v) is 11.6. The highest BCUT2D eigenvalue weighted by atomic mass is 32.2. The molecule has 164 valence electrons. The topological polar surface area (TPSA) is 93.2 Å². The van der Waals surface area contributed by atoms with Crippen molar-refractivity contribution in [1.82, 2.24) is 9.97 Å². The van der Waals surface area contributed by atoms with Crippen LogP contribution in [0.15, 0.2) is 71.6 Å². The molecule has 0 saturated heterocycles. The van der Waals surface area contributed by atoms with Crippen molar-refractivity contribution in [2.45, 2.75) is 25.3 Å². The highest BCUT2D eigenvalue weighted by molar-refractivity contribution is 7.92. The van der Waals surface area contributed by atoms with Gasteiger partial charge in [0.25, 0.3) is 10.0 Å². The molecule has 0 aliphatic carbocycles. The molecule has 0 bridgehead atoms. The number of methoxy groups -OCH3 is 1. The molecule has 8 heteroatoms. The Morgan fingerprint density at radius 2 is 1.50 bits per heavy atom. The number of nitrogens with one attached hydrogen (secondary N) is 2. The lowest BCUT2D eigenvalue weighted by Crippen LogP contribution is -2.17. The van der Waals surface area contributed by atoms with Gasteiger partial charge in [0.2, 0.25) is 0 Å². The van der Waals surface area contributed by atoms with Crippen LogP contribution in [-0.4, -0.2) is 25.5 Å². The van der Waals surface area contributed by atoms with Gasteiger partial charge in [0.15, 0.2) is 11.6 Å². The second kappa shape index (κ2) is 8.84. The maximum absolute atomic E-state index is 13.1. The number of hydrogen-bond donors (Lipinski definition) is 2. The summed E-state index contributed by atoms with van der Waals surface area (Å²) in [6.07, 6.45) is 0. The van der Waals surface area contributed by atoms with Crippen LogP contribution < -0.4 is 14.8 Å². The summed E-state index contributed by atoms with van der Waals surface area (Å²) in [7, 11) is -2.25. The lowest BCUT2D eigenvalue weighted by Gasteiger charge is -2.15. The van der Waals surface area contributed by atoms with Crippen molar-refractivity contribution in [2.75, 3.05) is 17.1 Å². The fourth-order valence-electron chi connectivity index (χ4n) is 3.29. The summed E-state index contributed by atoms with van der Waals surface area (Å²) < 4.78 is 34.2. The van der Waals surface area contributed by atoms with Crippen LogP contribution in [0.2, 0.25) is 0 Å². The zero-order valence-corrected chi connectivity index (χ0v) is 18.9. The lowest BCUT2D eigenvalue weighted by molar-refractivity contribution is 0.410. The van der Waals surface area contributed by atoms with Crippen molar-refractivity contribution in [1.29, 1.82) is 0 Å². The lowest BCUT2D eigenvalue weighted by atomic mass is 10.1. The summed E-state index contributed by atoms with van der Waals surface area (Å²) in [5, 5.41) is 3.21. The first-order valence-electron chi connectivity index (χ1n) is 10.1. The third kappa shape index (κ3) is 4.50. The number of nitrogens with zero attached hydrogens (tertiary/aromatic N) is 2. The van der Waals surface area contributed by atoms with Crippen LogP contribution in [0.3, 0.4) is 0 Å². The van der Waals surface area contributed by atoms with Crippen LogP contribution in [0.5, 0.6) is 5.75 Å². The van der Waals surface area contributed by atoms with Gasteiger partial charge in [-0.2, -0.15) is 0 Å². The highest BCUT2D eigenvalue weighted by Crippen LogP contribution is 2.26. The molecular weight excluding hydrogens is 424 g/mol. The average molecular weight is 449 g/mol. The number of para-hydroxylation sites is 3. The number of fused-ring (bicyclic) bond motifs is 1. The van der Waals surface area contributed by atoms with E-state index in [1.165, 1.54) is 0 Å². The Morgan fingerprint density at radius 1 is 0.844 bits per heavy atom. The summed E-state index contributed by atoms with van der Waals surface area (Å²) in [5.74, 6) is 1.20. The van der Waals surface area contributed by atoms with E-state index in [4.69, 9.17) is 4.74 Å². The van der Waals surface area contributed by atoms with Crippen molar-refractivity contribution in [3.05, 3.63) is 83.4 Å². The standard InChI is InChI=1S/C24H24N4O3S/c1-16-12-13-19(14-17(16)2)32(29,30)28-24-23(26-20-9-5-6-10-21(20)27-24)25-15-18-8-4-7-11-22(18)31-3/h4-14H,15H2,1-3H3,(H,25,26)(H,27,28). The maximum Gasteiger partial charge on any atom is 0.263 e. The number of aromatic nitrogens is 2. The molecule has 0 unspecified atom stereocenters. The Morgan fingerprint density at radius 3 is 2.19 bits per heavy atom. The molecule has 4 rings (SSSR count). The van der Waals surface area contributed by atoms with Gasteiger partial charge in [-0.15, -0.1) is 0 Å². The normalized spacial score (nSPS) is 11.3.